The molecule has 0 aromatic heterocycles. The highest BCUT2D eigenvalue weighted by molar-refractivity contribution is 5.85. The average molecular weight is 353 g/mol. The quantitative estimate of drug-likeness (QED) is 0.584. The number of hydrogen-bond donors (Lipinski definition) is 1. The van der Waals surface area contributed by atoms with Gasteiger partial charge < -0.3 is 5.32 Å². The molecule has 1 aliphatic rings. The van der Waals surface area contributed by atoms with E-state index in [1.54, 1.807) is 0 Å². The minimum atomic E-state index is 0.199. The van der Waals surface area contributed by atoms with Crippen molar-refractivity contribution in [3.8, 4) is 0 Å². The predicted molar refractivity (Wildman–Crippen MR) is 109 cm³/mol. The number of nitrogens with one attached hydrogen (secondary N) is 1. The maximum Gasteiger partial charge on any atom is 0.221 e. The van der Waals surface area contributed by atoms with Gasteiger partial charge in [-0.15, -0.1) is 0 Å². The van der Waals surface area contributed by atoms with Gasteiger partial charge in [-0.2, -0.15) is 0 Å². The third-order valence-corrected chi connectivity index (χ3v) is 5.30. The number of carbonyl (C=O) groups excluding carboxylic acids is 1. The van der Waals surface area contributed by atoms with Crippen molar-refractivity contribution >= 4 is 16.7 Å². The van der Waals surface area contributed by atoms with Crippen molar-refractivity contribution in [2.75, 3.05) is 13.1 Å². The summed E-state index contributed by atoms with van der Waals surface area (Å²) in [7, 11) is 0. The third-order valence-electron chi connectivity index (χ3n) is 5.30. The van der Waals surface area contributed by atoms with E-state index in [1.165, 1.54) is 48.4 Å². The molecular formula is C23H32N2O. The normalized spacial score (nSPS) is 14.1. The number of amides is 1. The Kier molecular flexibility index (Phi) is 7.07. The molecule has 2 aromatic carbocycles. The predicted octanol–water partition coefficient (Wildman–Crippen LogP) is 4.89. The van der Waals surface area contributed by atoms with Gasteiger partial charge in [0.2, 0.25) is 5.91 Å². The van der Waals surface area contributed by atoms with E-state index < -0.39 is 0 Å². The van der Waals surface area contributed by atoms with E-state index in [2.05, 4.69) is 59.6 Å². The third kappa shape index (κ3) is 5.57. The number of hydrogen-bond acceptors (Lipinski definition) is 2. The number of benzene rings is 2. The van der Waals surface area contributed by atoms with Gasteiger partial charge in [0.25, 0.3) is 0 Å². The Hall–Kier alpha value is -1.87. The van der Waals surface area contributed by atoms with Crippen LogP contribution >= 0.6 is 0 Å². The molecule has 3 rings (SSSR count). The summed E-state index contributed by atoms with van der Waals surface area (Å²) in [4.78, 5) is 14.6. The molecule has 140 valence electrons. The maximum absolute atomic E-state index is 12.2. The largest absolute Gasteiger partial charge is 0.356 e. The topological polar surface area (TPSA) is 32.3 Å². The summed E-state index contributed by atoms with van der Waals surface area (Å²) in [6, 6.07) is 15.8. The zero-order valence-electron chi connectivity index (χ0n) is 16.0. The van der Waals surface area contributed by atoms with Crippen LogP contribution in [0.1, 0.15) is 57.4 Å². The van der Waals surface area contributed by atoms with Crippen LogP contribution in [0.3, 0.4) is 0 Å². The minimum Gasteiger partial charge on any atom is -0.356 e. The molecule has 1 amide bonds. The van der Waals surface area contributed by atoms with E-state index in [1.807, 2.05) is 0 Å². The van der Waals surface area contributed by atoms with Crippen LogP contribution in [0.5, 0.6) is 0 Å². The van der Waals surface area contributed by atoms with Gasteiger partial charge in [0.15, 0.2) is 0 Å². The molecule has 1 fully saturated rings. The van der Waals surface area contributed by atoms with Gasteiger partial charge >= 0.3 is 0 Å². The highest BCUT2D eigenvalue weighted by Crippen LogP contribution is 2.30. The van der Waals surface area contributed by atoms with Gasteiger partial charge in [-0.3, -0.25) is 9.69 Å². The first kappa shape index (κ1) is 18.9. The van der Waals surface area contributed by atoms with Crippen LogP contribution in [0.4, 0.5) is 0 Å². The fraction of sp³-hybridized carbons (Fsp3) is 0.522. The molecule has 1 aliphatic carbocycles. The first-order valence-electron chi connectivity index (χ1n) is 10.3. The minimum absolute atomic E-state index is 0.199. The smallest absolute Gasteiger partial charge is 0.221 e. The number of unbranched alkanes of at least 4 members (excludes halogenated alkanes) is 3. The lowest BCUT2D eigenvalue weighted by Crippen LogP contribution is -2.32. The molecule has 26 heavy (non-hydrogen) atoms. The molecular weight excluding hydrogens is 320 g/mol. The van der Waals surface area contributed by atoms with Crippen molar-refractivity contribution in [2.45, 2.75) is 64.5 Å². The standard InChI is InChI=1S/C23H32N2O/c1-2-3-4-7-16-24-23(26)15-17-25(21-13-14-21)18-20-11-8-10-19-9-5-6-12-22(19)20/h5-6,8-12,21H,2-4,7,13-18H2,1H3,(H,24,26). The zero-order valence-corrected chi connectivity index (χ0v) is 16.0. The van der Waals surface area contributed by atoms with Gasteiger partial charge in [-0.05, 0) is 35.6 Å². The van der Waals surface area contributed by atoms with Crippen molar-refractivity contribution in [3.63, 3.8) is 0 Å². The molecule has 0 radical (unpaired) electrons. The molecule has 3 heteroatoms. The summed E-state index contributed by atoms with van der Waals surface area (Å²) in [6.45, 7) is 4.83. The fourth-order valence-corrected chi connectivity index (χ4v) is 3.59. The number of carbonyl (C=O) groups is 1. The lowest BCUT2D eigenvalue weighted by molar-refractivity contribution is -0.121. The number of rotatable bonds is 11. The van der Waals surface area contributed by atoms with Crippen molar-refractivity contribution in [1.82, 2.24) is 10.2 Å². The molecule has 0 aliphatic heterocycles. The van der Waals surface area contributed by atoms with Crippen molar-refractivity contribution in [1.29, 1.82) is 0 Å². The Labute approximate surface area is 157 Å². The summed E-state index contributed by atoms with van der Waals surface area (Å²) in [6.07, 6.45) is 7.95. The summed E-state index contributed by atoms with van der Waals surface area (Å²) in [5, 5.41) is 5.72. The molecule has 3 nitrogen and oxygen atoms in total. The fourth-order valence-electron chi connectivity index (χ4n) is 3.59. The van der Waals surface area contributed by atoms with Crippen LogP contribution in [-0.2, 0) is 11.3 Å². The molecule has 0 saturated heterocycles. The van der Waals surface area contributed by atoms with Crippen LogP contribution in [0.2, 0.25) is 0 Å². The second-order valence-electron chi connectivity index (χ2n) is 7.50. The first-order chi connectivity index (χ1) is 12.8. The lowest BCUT2D eigenvalue weighted by atomic mass is 10.0. The van der Waals surface area contributed by atoms with E-state index in [0.717, 1.165) is 26.1 Å². The molecule has 2 aromatic rings. The van der Waals surface area contributed by atoms with Gasteiger partial charge in [-0.25, -0.2) is 0 Å². The molecule has 0 unspecified atom stereocenters. The van der Waals surface area contributed by atoms with Crippen LogP contribution < -0.4 is 5.32 Å². The Balaban J connectivity index is 1.51. The number of fused-ring (bicyclic) bond motifs is 1. The second-order valence-corrected chi connectivity index (χ2v) is 7.50. The van der Waals surface area contributed by atoms with Gasteiger partial charge in [0.1, 0.15) is 0 Å². The Morgan fingerprint density at radius 1 is 1.08 bits per heavy atom. The summed E-state index contributed by atoms with van der Waals surface area (Å²) in [5.74, 6) is 0.199. The molecule has 1 N–H and O–H groups in total. The summed E-state index contributed by atoms with van der Waals surface area (Å²) in [5.41, 5.74) is 1.37. The molecule has 0 heterocycles. The SMILES string of the molecule is CCCCCCNC(=O)CCN(Cc1cccc2ccccc12)C1CC1. The van der Waals surface area contributed by atoms with Gasteiger partial charge in [0.05, 0.1) is 0 Å². The number of nitrogens with zero attached hydrogens (tertiary/aromatic N) is 1. The Morgan fingerprint density at radius 2 is 1.88 bits per heavy atom. The van der Waals surface area contributed by atoms with Crippen LogP contribution in [0, 0.1) is 0 Å². The highest BCUT2D eigenvalue weighted by Gasteiger charge is 2.29. The van der Waals surface area contributed by atoms with E-state index in [4.69, 9.17) is 0 Å². The lowest BCUT2D eigenvalue weighted by Gasteiger charge is -2.22. The van der Waals surface area contributed by atoms with Gasteiger partial charge in [-0.1, -0.05) is 68.7 Å². The van der Waals surface area contributed by atoms with Crippen molar-refractivity contribution < 1.29 is 4.79 Å². The van der Waals surface area contributed by atoms with Crippen LogP contribution in [0.25, 0.3) is 10.8 Å². The Morgan fingerprint density at radius 3 is 2.69 bits per heavy atom. The van der Waals surface area contributed by atoms with E-state index in [0.29, 0.717) is 12.5 Å². The van der Waals surface area contributed by atoms with Crippen molar-refractivity contribution in [3.05, 3.63) is 48.0 Å². The summed E-state index contributed by atoms with van der Waals surface area (Å²) < 4.78 is 0. The molecule has 1 saturated carbocycles. The van der Waals surface area contributed by atoms with Crippen LogP contribution in [-0.4, -0.2) is 29.9 Å². The molecule has 0 atom stereocenters. The van der Waals surface area contributed by atoms with Crippen LogP contribution in [0.15, 0.2) is 42.5 Å². The molecule has 0 bridgehead atoms. The maximum atomic E-state index is 12.2. The monoisotopic (exact) mass is 352 g/mol. The van der Waals surface area contributed by atoms with E-state index in [9.17, 15) is 4.79 Å². The van der Waals surface area contributed by atoms with E-state index in [-0.39, 0.29) is 5.91 Å². The summed E-state index contributed by atoms with van der Waals surface area (Å²) >= 11 is 0. The average Bonchev–Trinajstić information content (AvgIpc) is 3.50. The zero-order chi connectivity index (χ0) is 18.2. The highest BCUT2D eigenvalue weighted by atomic mass is 16.1. The first-order valence-corrected chi connectivity index (χ1v) is 10.3. The molecule has 0 spiro atoms. The van der Waals surface area contributed by atoms with Crippen molar-refractivity contribution in [2.24, 2.45) is 0 Å². The van der Waals surface area contributed by atoms with Gasteiger partial charge in [0, 0.05) is 32.1 Å². The van der Waals surface area contributed by atoms with E-state index >= 15 is 0 Å². The Bertz CT molecular complexity index is 703. The second kappa shape index (κ2) is 9.72.